The molecule has 0 saturated carbocycles. The molecule has 1 N–H and O–H groups in total. The smallest absolute Gasteiger partial charge is 0.262 e. The SMILES string of the molecule is CCOc1cc(/C=C/C(=O)c2ccccc2OC)ccc1OCC(=O)Nc1ccccc1OC. The van der Waals surface area contributed by atoms with Crippen LogP contribution in [0.2, 0.25) is 0 Å². The van der Waals surface area contributed by atoms with E-state index in [1.807, 2.05) is 19.1 Å². The van der Waals surface area contributed by atoms with E-state index in [9.17, 15) is 9.59 Å². The molecule has 0 aliphatic carbocycles. The second kappa shape index (κ2) is 12.1. The van der Waals surface area contributed by atoms with Gasteiger partial charge in [-0.2, -0.15) is 0 Å². The maximum Gasteiger partial charge on any atom is 0.262 e. The fourth-order valence-corrected chi connectivity index (χ4v) is 3.20. The van der Waals surface area contributed by atoms with Gasteiger partial charge in [0, 0.05) is 0 Å². The Bertz CT molecular complexity index is 1170. The van der Waals surface area contributed by atoms with Crippen LogP contribution < -0.4 is 24.3 Å². The summed E-state index contributed by atoms with van der Waals surface area (Å²) in [6, 6.07) is 19.4. The third-order valence-corrected chi connectivity index (χ3v) is 4.81. The maximum absolute atomic E-state index is 12.6. The second-order valence-corrected chi connectivity index (χ2v) is 7.07. The maximum atomic E-state index is 12.6. The van der Waals surface area contributed by atoms with E-state index < -0.39 is 0 Å². The molecule has 0 heterocycles. The second-order valence-electron chi connectivity index (χ2n) is 7.07. The van der Waals surface area contributed by atoms with Crippen LogP contribution >= 0.6 is 0 Å². The molecular weight excluding hydrogens is 434 g/mol. The zero-order valence-electron chi connectivity index (χ0n) is 19.4. The molecule has 0 fully saturated rings. The van der Waals surface area contributed by atoms with Crippen LogP contribution in [0.3, 0.4) is 0 Å². The van der Waals surface area contributed by atoms with Crippen LogP contribution in [0.25, 0.3) is 6.08 Å². The summed E-state index contributed by atoms with van der Waals surface area (Å²) in [5.74, 6) is 1.46. The number of ketones is 1. The van der Waals surface area contributed by atoms with E-state index >= 15 is 0 Å². The van der Waals surface area contributed by atoms with Crippen molar-refractivity contribution >= 4 is 23.5 Å². The molecule has 0 spiro atoms. The van der Waals surface area contributed by atoms with Crippen molar-refractivity contribution in [3.05, 3.63) is 83.9 Å². The van der Waals surface area contributed by atoms with Gasteiger partial charge >= 0.3 is 0 Å². The molecule has 0 aromatic heterocycles. The van der Waals surface area contributed by atoms with Crippen LogP contribution in [0.1, 0.15) is 22.8 Å². The number of ether oxygens (including phenoxy) is 4. The Balaban J connectivity index is 1.68. The molecule has 3 rings (SSSR count). The normalized spacial score (nSPS) is 10.6. The first-order valence-corrected chi connectivity index (χ1v) is 10.7. The molecule has 0 radical (unpaired) electrons. The van der Waals surface area contributed by atoms with Gasteiger partial charge in [0.25, 0.3) is 5.91 Å². The number of rotatable bonds is 11. The van der Waals surface area contributed by atoms with Crippen molar-refractivity contribution in [2.75, 3.05) is 32.8 Å². The molecule has 7 nitrogen and oxygen atoms in total. The summed E-state index contributed by atoms with van der Waals surface area (Å²) in [4.78, 5) is 24.9. The number of para-hydroxylation sites is 3. The third kappa shape index (κ3) is 6.38. The molecule has 1 amide bonds. The lowest BCUT2D eigenvalue weighted by molar-refractivity contribution is -0.118. The minimum atomic E-state index is -0.335. The van der Waals surface area contributed by atoms with Gasteiger partial charge in [0.2, 0.25) is 0 Å². The molecule has 3 aromatic carbocycles. The average Bonchev–Trinajstić information content (AvgIpc) is 2.87. The zero-order chi connectivity index (χ0) is 24.3. The number of carbonyl (C=O) groups excluding carboxylic acids is 2. The van der Waals surface area contributed by atoms with E-state index in [4.69, 9.17) is 18.9 Å². The van der Waals surface area contributed by atoms with Crippen molar-refractivity contribution in [1.82, 2.24) is 0 Å². The minimum Gasteiger partial charge on any atom is -0.496 e. The summed E-state index contributed by atoms with van der Waals surface area (Å²) in [7, 11) is 3.06. The molecule has 0 atom stereocenters. The Morgan fingerprint density at radius 3 is 2.26 bits per heavy atom. The third-order valence-electron chi connectivity index (χ3n) is 4.81. The number of hydrogen-bond acceptors (Lipinski definition) is 6. The van der Waals surface area contributed by atoms with Crippen LogP contribution in [-0.4, -0.2) is 39.1 Å². The Morgan fingerprint density at radius 1 is 0.824 bits per heavy atom. The summed E-state index contributed by atoms with van der Waals surface area (Å²) in [6.45, 7) is 2.06. The van der Waals surface area contributed by atoms with Gasteiger partial charge in [0.1, 0.15) is 11.5 Å². The average molecular weight is 462 g/mol. The van der Waals surface area contributed by atoms with E-state index in [0.29, 0.717) is 40.9 Å². The first kappa shape index (κ1) is 24.4. The first-order chi connectivity index (χ1) is 16.5. The van der Waals surface area contributed by atoms with Crippen molar-refractivity contribution in [3.8, 4) is 23.0 Å². The predicted octanol–water partition coefficient (Wildman–Crippen LogP) is 5.02. The van der Waals surface area contributed by atoms with Gasteiger partial charge in [-0.3, -0.25) is 9.59 Å². The summed E-state index contributed by atoms with van der Waals surface area (Å²) < 4.78 is 21.9. The first-order valence-electron chi connectivity index (χ1n) is 10.7. The van der Waals surface area contributed by atoms with Crippen molar-refractivity contribution in [2.24, 2.45) is 0 Å². The van der Waals surface area contributed by atoms with Gasteiger partial charge in [-0.25, -0.2) is 0 Å². The lowest BCUT2D eigenvalue weighted by Crippen LogP contribution is -2.20. The highest BCUT2D eigenvalue weighted by Crippen LogP contribution is 2.30. The molecule has 34 heavy (non-hydrogen) atoms. The Kier molecular flexibility index (Phi) is 8.68. The summed E-state index contributed by atoms with van der Waals surface area (Å²) in [6.07, 6.45) is 3.17. The van der Waals surface area contributed by atoms with E-state index in [1.54, 1.807) is 60.7 Å². The predicted molar refractivity (Wildman–Crippen MR) is 131 cm³/mol. The van der Waals surface area contributed by atoms with Crippen molar-refractivity contribution in [2.45, 2.75) is 6.92 Å². The quantitative estimate of drug-likeness (QED) is 0.319. The monoisotopic (exact) mass is 461 g/mol. The van der Waals surface area contributed by atoms with E-state index in [1.165, 1.54) is 20.3 Å². The van der Waals surface area contributed by atoms with Gasteiger partial charge < -0.3 is 24.3 Å². The van der Waals surface area contributed by atoms with Gasteiger partial charge in [0.05, 0.1) is 32.1 Å². The van der Waals surface area contributed by atoms with Crippen molar-refractivity contribution in [3.63, 3.8) is 0 Å². The number of benzene rings is 3. The highest BCUT2D eigenvalue weighted by molar-refractivity contribution is 6.08. The van der Waals surface area contributed by atoms with E-state index in [0.717, 1.165) is 5.56 Å². The molecule has 0 unspecified atom stereocenters. The summed E-state index contributed by atoms with van der Waals surface area (Å²) in [5, 5.41) is 2.76. The topological polar surface area (TPSA) is 83.1 Å². The van der Waals surface area contributed by atoms with Crippen molar-refractivity contribution < 1.29 is 28.5 Å². The lowest BCUT2D eigenvalue weighted by atomic mass is 10.1. The standard InChI is InChI=1S/C27H27NO6/c1-4-33-26-17-19(13-15-22(29)20-9-5-7-11-23(20)31-2)14-16-25(26)34-18-27(30)28-21-10-6-8-12-24(21)32-3/h5-17H,4,18H2,1-3H3,(H,28,30)/b15-13+. The number of anilines is 1. The van der Waals surface area contributed by atoms with Gasteiger partial charge in [-0.15, -0.1) is 0 Å². The number of hydrogen-bond donors (Lipinski definition) is 1. The highest BCUT2D eigenvalue weighted by atomic mass is 16.5. The van der Waals surface area contributed by atoms with Gasteiger partial charge in [-0.1, -0.05) is 36.4 Å². The number of nitrogens with one attached hydrogen (secondary N) is 1. The fraction of sp³-hybridized carbons (Fsp3) is 0.185. The fourth-order valence-electron chi connectivity index (χ4n) is 3.20. The Morgan fingerprint density at radius 2 is 1.53 bits per heavy atom. The highest BCUT2D eigenvalue weighted by Gasteiger charge is 2.12. The van der Waals surface area contributed by atoms with Crippen LogP contribution in [0.4, 0.5) is 5.69 Å². The molecule has 3 aromatic rings. The van der Waals surface area contributed by atoms with Crippen molar-refractivity contribution in [1.29, 1.82) is 0 Å². The van der Waals surface area contributed by atoms with Gasteiger partial charge in [0.15, 0.2) is 23.9 Å². The Labute approximate surface area is 198 Å². The molecular formula is C27H27NO6. The number of carbonyl (C=O) groups is 2. The van der Waals surface area contributed by atoms with E-state index in [-0.39, 0.29) is 18.3 Å². The molecule has 0 aliphatic rings. The number of allylic oxidation sites excluding steroid dienone is 1. The summed E-state index contributed by atoms with van der Waals surface area (Å²) in [5.41, 5.74) is 1.79. The zero-order valence-corrected chi connectivity index (χ0v) is 19.4. The lowest BCUT2D eigenvalue weighted by Gasteiger charge is -2.13. The molecule has 0 saturated heterocycles. The number of amides is 1. The van der Waals surface area contributed by atoms with Gasteiger partial charge in [-0.05, 0) is 55.0 Å². The Hall–Kier alpha value is -4.26. The summed E-state index contributed by atoms with van der Waals surface area (Å²) >= 11 is 0. The van der Waals surface area contributed by atoms with Crippen LogP contribution in [0.15, 0.2) is 72.8 Å². The van der Waals surface area contributed by atoms with Crippen LogP contribution in [-0.2, 0) is 4.79 Å². The van der Waals surface area contributed by atoms with Crippen LogP contribution in [0, 0.1) is 0 Å². The largest absolute Gasteiger partial charge is 0.496 e. The molecule has 7 heteroatoms. The van der Waals surface area contributed by atoms with E-state index in [2.05, 4.69) is 5.32 Å². The minimum absolute atomic E-state index is 0.177. The molecule has 176 valence electrons. The van der Waals surface area contributed by atoms with Crippen LogP contribution in [0.5, 0.6) is 23.0 Å². The molecule has 0 aliphatic heterocycles. The molecule has 0 bridgehead atoms. The number of methoxy groups -OCH3 is 2.